The number of nitro groups is 1. The molecule has 1 aromatic carbocycles. The van der Waals surface area contributed by atoms with Gasteiger partial charge < -0.3 is 0 Å². The molecule has 0 atom stereocenters. The van der Waals surface area contributed by atoms with Gasteiger partial charge in [-0.3, -0.25) is 10.1 Å². The minimum atomic E-state index is -0.640. The third-order valence-electron chi connectivity index (χ3n) is 1.35. The van der Waals surface area contributed by atoms with Crippen LogP contribution >= 0.6 is 11.6 Å². The summed E-state index contributed by atoms with van der Waals surface area (Å²) in [6.07, 6.45) is 0. The maximum absolute atomic E-state index is 12.8. The molecule has 1 aromatic rings. The van der Waals surface area contributed by atoms with Crippen molar-refractivity contribution in [1.82, 2.24) is 0 Å². The largest absolute Gasteiger partial charge is 0.264 e. The lowest BCUT2D eigenvalue weighted by Gasteiger charge is -1.99. The predicted octanol–water partition coefficient (Wildman–Crippen LogP) is 2.26. The van der Waals surface area contributed by atoms with Gasteiger partial charge in [-0.05, 0) is 12.1 Å². The summed E-state index contributed by atoms with van der Waals surface area (Å²) < 4.78 is 12.8. The van der Waals surface area contributed by atoms with Crippen LogP contribution in [0.25, 0.3) is 0 Å². The molecule has 0 saturated carbocycles. The molecule has 3 nitrogen and oxygen atoms in total. The Hall–Kier alpha value is -1.16. The molecule has 64 valence electrons. The Labute approximate surface area is 72.9 Å². The van der Waals surface area contributed by atoms with Crippen LogP contribution in [-0.2, 0) is 6.54 Å². The van der Waals surface area contributed by atoms with Crippen molar-refractivity contribution in [3.63, 3.8) is 0 Å². The van der Waals surface area contributed by atoms with Crippen LogP contribution in [0.15, 0.2) is 18.2 Å². The Morgan fingerprint density at radius 2 is 2.25 bits per heavy atom. The van der Waals surface area contributed by atoms with Gasteiger partial charge in [-0.25, -0.2) is 4.39 Å². The minimum absolute atomic E-state index is 0.0656. The molecule has 0 radical (unpaired) electrons. The van der Waals surface area contributed by atoms with E-state index in [2.05, 4.69) is 0 Å². The van der Waals surface area contributed by atoms with Crippen molar-refractivity contribution in [2.45, 2.75) is 6.54 Å². The number of halogens is 2. The van der Waals surface area contributed by atoms with Gasteiger partial charge in [0.1, 0.15) is 5.82 Å². The van der Waals surface area contributed by atoms with Gasteiger partial charge in [-0.2, -0.15) is 0 Å². The molecule has 0 aliphatic rings. The van der Waals surface area contributed by atoms with E-state index in [0.29, 0.717) is 0 Å². The number of nitrogens with zero attached hydrogens (tertiary/aromatic N) is 1. The monoisotopic (exact) mass is 189 g/mol. The molecule has 0 aliphatic carbocycles. The molecule has 0 amide bonds. The summed E-state index contributed by atoms with van der Waals surface area (Å²) in [4.78, 5) is 9.43. The van der Waals surface area contributed by atoms with Gasteiger partial charge in [0, 0.05) is 4.92 Å². The van der Waals surface area contributed by atoms with Crippen LogP contribution in [0.5, 0.6) is 0 Å². The molecule has 5 heteroatoms. The van der Waals surface area contributed by atoms with Gasteiger partial charge in [0.2, 0.25) is 6.54 Å². The third-order valence-corrected chi connectivity index (χ3v) is 1.70. The standard InChI is InChI=1S/C7H5ClFNO2/c8-6-2-1-3-7(9)5(6)4-10(11)12/h1-3H,4H2. The van der Waals surface area contributed by atoms with Crippen LogP contribution in [0.3, 0.4) is 0 Å². The highest BCUT2D eigenvalue weighted by molar-refractivity contribution is 6.31. The van der Waals surface area contributed by atoms with E-state index in [9.17, 15) is 14.5 Å². The molecule has 0 heterocycles. The average molecular weight is 190 g/mol. The van der Waals surface area contributed by atoms with Crippen molar-refractivity contribution < 1.29 is 9.31 Å². The van der Waals surface area contributed by atoms with Gasteiger partial charge in [0.25, 0.3) is 0 Å². The van der Waals surface area contributed by atoms with Crippen molar-refractivity contribution in [3.8, 4) is 0 Å². The molecule has 0 unspecified atom stereocenters. The SMILES string of the molecule is O=[N+]([O-])Cc1c(F)cccc1Cl. The zero-order valence-electron chi connectivity index (χ0n) is 5.96. The second-order valence-corrected chi connectivity index (χ2v) is 2.60. The molecule has 0 N–H and O–H groups in total. The van der Waals surface area contributed by atoms with Crippen molar-refractivity contribution >= 4 is 11.6 Å². The molecule has 0 bridgehead atoms. The number of hydrogen-bond acceptors (Lipinski definition) is 2. The Morgan fingerprint density at radius 1 is 1.58 bits per heavy atom. The van der Waals surface area contributed by atoms with E-state index in [1.165, 1.54) is 12.1 Å². The summed E-state index contributed by atoms with van der Waals surface area (Å²) in [6.45, 7) is -0.578. The highest BCUT2D eigenvalue weighted by Crippen LogP contribution is 2.19. The number of hydrogen-bond donors (Lipinski definition) is 0. The Balaban J connectivity index is 3.04. The molecule has 12 heavy (non-hydrogen) atoms. The normalized spacial score (nSPS) is 9.83. The molecule has 0 saturated heterocycles. The molecular weight excluding hydrogens is 185 g/mol. The fourth-order valence-corrected chi connectivity index (χ4v) is 1.04. The number of rotatable bonds is 2. The summed E-state index contributed by atoms with van der Waals surface area (Å²) in [5.74, 6) is -0.640. The Kier molecular flexibility index (Phi) is 2.60. The fraction of sp³-hybridized carbons (Fsp3) is 0.143. The first-order valence-electron chi connectivity index (χ1n) is 3.16. The van der Waals surface area contributed by atoms with E-state index < -0.39 is 17.3 Å². The maximum atomic E-state index is 12.8. The summed E-state index contributed by atoms with van der Waals surface area (Å²) in [6, 6.07) is 3.97. The smallest absolute Gasteiger partial charge is 0.233 e. The van der Waals surface area contributed by atoms with E-state index in [0.717, 1.165) is 6.07 Å². The maximum Gasteiger partial charge on any atom is 0.233 e. The lowest BCUT2D eigenvalue weighted by Crippen LogP contribution is -2.01. The van der Waals surface area contributed by atoms with Gasteiger partial charge in [0.05, 0.1) is 10.6 Å². The van der Waals surface area contributed by atoms with Gasteiger partial charge in [-0.15, -0.1) is 0 Å². The van der Waals surface area contributed by atoms with Crippen LogP contribution in [0.1, 0.15) is 5.56 Å². The summed E-state index contributed by atoms with van der Waals surface area (Å²) in [5.41, 5.74) is -0.0656. The third kappa shape index (κ3) is 1.92. The van der Waals surface area contributed by atoms with Crippen LogP contribution in [0.4, 0.5) is 4.39 Å². The lowest BCUT2D eigenvalue weighted by atomic mass is 10.2. The zero-order valence-corrected chi connectivity index (χ0v) is 6.71. The molecule has 0 aliphatic heterocycles. The highest BCUT2D eigenvalue weighted by atomic mass is 35.5. The Bertz CT molecular complexity index is 296. The lowest BCUT2D eigenvalue weighted by molar-refractivity contribution is -0.497. The van der Waals surface area contributed by atoms with E-state index >= 15 is 0 Å². The molecule has 1 rings (SSSR count). The van der Waals surface area contributed by atoms with E-state index in [4.69, 9.17) is 11.6 Å². The first-order chi connectivity index (χ1) is 5.61. The van der Waals surface area contributed by atoms with Crippen molar-refractivity contribution in [2.75, 3.05) is 0 Å². The minimum Gasteiger partial charge on any atom is -0.264 e. The summed E-state index contributed by atoms with van der Waals surface area (Å²) >= 11 is 5.53. The Morgan fingerprint density at radius 3 is 2.75 bits per heavy atom. The van der Waals surface area contributed by atoms with Crippen molar-refractivity contribution in [1.29, 1.82) is 0 Å². The summed E-state index contributed by atoms with van der Waals surface area (Å²) in [5, 5.41) is 10.1. The molecule has 0 aromatic heterocycles. The van der Waals surface area contributed by atoms with E-state index in [1.54, 1.807) is 0 Å². The van der Waals surface area contributed by atoms with Crippen LogP contribution in [0.2, 0.25) is 5.02 Å². The first kappa shape index (κ1) is 8.93. The van der Waals surface area contributed by atoms with E-state index in [1.807, 2.05) is 0 Å². The van der Waals surface area contributed by atoms with Gasteiger partial charge in [-0.1, -0.05) is 17.7 Å². The quantitative estimate of drug-likeness (QED) is 0.529. The first-order valence-corrected chi connectivity index (χ1v) is 3.53. The molecule has 0 spiro atoms. The van der Waals surface area contributed by atoms with Crippen molar-refractivity contribution in [3.05, 3.63) is 44.7 Å². The second-order valence-electron chi connectivity index (χ2n) is 2.19. The summed E-state index contributed by atoms with van der Waals surface area (Å²) in [7, 11) is 0. The predicted molar refractivity (Wildman–Crippen MR) is 42.1 cm³/mol. The second kappa shape index (κ2) is 3.49. The van der Waals surface area contributed by atoms with Gasteiger partial charge in [0.15, 0.2) is 0 Å². The van der Waals surface area contributed by atoms with Crippen LogP contribution < -0.4 is 0 Å². The van der Waals surface area contributed by atoms with Gasteiger partial charge >= 0.3 is 0 Å². The molecular formula is C7H5ClFNO2. The van der Waals surface area contributed by atoms with E-state index in [-0.39, 0.29) is 10.6 Å². The topological polar surface area (TPSA) is 43.1 Å². The van der Waals surface area contributed by atoms with Crippen LogP contribution in [-0.4, -0.2) is 4.92 Å². The fourth-order valence-electron chi connectivity index (χ4n) is 0.812. The number of benzene rings is 1. The highest BCUT2D eigenvalue weighted by Gasteiger charge is 2.11. The average Bonchev–Trinajstić information content (AvgIpc) is 1.97. The zero-order chi connectivity index (χ0) is 9.14. The molecule has 0 fully saturated rings. The van der Waals surface area contributed by atoms with Crippen molar-refractivity contribution in [2.24, 2.45) is 0 Å². The van der Waals surface area contributed by atoms with Crippen LogP contribution in [0, 0.1) is 15.9 Å².